The first kappa shape index (κ1) is 24.9. The molecule has 1 saturated carbocycles. The molecule has 1 aliphatic carbocycles. The fourth-order valence-corrected chi connectivity index (χ4v) is 6.00. The Balaban J connectivity index is 1.56. The first-order valence-electron chi connectivity index (χ1n) is 12.4. The van der Waals surface area contributed by atoms with Crippen LogP contribution in [0.4, 0.5) is 5.69 Å². The lowest BCUT2D eigenvalue weighted by Gasteiger charge is -2.45. The molecule has 188 valence electrons. The minimum Gasteiger partial charge on any atom is -0.467 e. The van der Waals surface area contributed by atoms with E-state index < -0.39 is 5.54 Å². The van der Waals surface area contributed by atoms with Gasteiger partial charge in [0.05, 0.1) is 19.4 Å². The molecule has 5 rings (SSSR count). The Morgan fingerprint density at radius 1 is 1.06 bits per heavy atom. The standard InChI is InChI=1S/C28H29Cl2N3O3/c29-20-7-4-6-19(14-20)16-28(24-12-11-21(30)15-25(24)32-27(28)35)33(22-8-2-1-3-9-22)18-26(34)31-17-23-10-5-13-36-23/h4-7,10-15,22H,1-3,8-9,16-18H2,(H,31,34)(H,32,35). The van der Waals surface area contributed by atoms with Gasteiger partial charge >= 0.3 is 0 Å². The lowest BCUT2D eigenvalue weighted by atomic mass is 9.80. The van der Waals surface area contributed by atoms with Gasteiger partial charge in [-0.15, -0.1) is 0 Å². The molecule has 6 nitrogen and oxygen atoms in total. The molecule has 0 saturated heterocycles. The third kappa shape index (κ3) is 5.03. The van der Waals surface area contributed by atoms with Gasteiger partial charge in [-0.1, -0.05) is 60.7 Å². The van der Waals surface area contributed by atoms with E-state index in [1.165, 1.54) is 0 Å². The highest BCUT2D eigenvalue weighted by Crippen LogP contribution is 2.46. The number of halogens is 2. The molecule has 0 spiro atoms. The molecule has 8 heteroatoms. The van der Waals surface area contributed by atoms with E-state index in [0.29, 0.717) is 34.5 Å². The Kier molecular flexibility index (Phi) is 7.37. The van der Waals surface area contributed by atoms with Crippen LogP contribution in [0, 0.1) is 0 Å². The molecular formula is C28H29Cl2N3O3. The molecule has 1 aliphatic heterocycles. The molecule has 1 atom stereocenters. The monoisotopic (exact) mass is 525 g/mol. The predicted molar refractivity (Wildman–Crippen MR) is 141 cm³/mol. The Labute approximate surface area is 220 Å². The maximum Gasteiger partial charge on any atom is 0.249 e. The van der Waals surface area contributed by atoms with E-state index in [1.807, 2.05) is 42.5 Å². The number of fused-ring (bicyclic) bond motifs is 1. The van der Waals surface area contributed by atoms with Crippen molar-refractivity contribution in [3.63, 3.8) is 0 Å². The molecule has 2 heterocycles. The van der Waals surface area contributed by atoms with Crippen molar-refractivity contribution in [3.8, 4) is 0 Å². The normalized spacial score (nSPS) is 19.8. The highest BCUT2D eigenvalue weighted by Gasteiger charge is 2.53. The van der Waals surface area contributed by atoms with Crippen molar-refractivity contribution >= 4 is 40.7 Å². The average Bonchev–Trinajstić information content (AvgIpc) is 3.48. The summed E-state index contributed by atoms with van der Waals surface area (Å²) in [6.45, 7) is 0.380. The lowest BCUT2D eigenvalue weighted by Crippen LogP contribution is -2.59. The fraction of sp³-hybridized carbons (Fsp3) is 0.357. The van der Waals surface area contributed by atoms with Gasteiger partial charge in [0.25, 0.3) is 0 Å². The molecular weight excluding hydrogens is 497 g/mol. The summed E-state index contributed by atoms with van der Waals surface area (Å²) in [5.41, 5.74) is 1.37. The first-order chi connectivity index (χ1) is 17.5. The number of amides is 2. The van der Waals surface area contributed by atoms with Gasteiger partial charge in [-0.3, -0.25) is 14.5 Å². The molecule has 2 N–H and O–H groups in total. The number of hydrogen-bond acceptors (Lipinski definition) is 4. The van der Waals surface area contributed by atoms with E-state index in [2.05, 4.69) is 15.5 Å². The number of carbonyl (C=O) groups excluding carboxylic acids is 2. The molecule has 2 amide bonds. The van der Waals surface area contributed by atoms with E-state index in [1.54, 1.807) is 18.4 Å². The van der Waals surface area contributed by atoms with Crippen molar-refractivity contribution in [2.45, 2.75) is 56.7 Å². The van der Waals surface area contributed by atoms with Crippen molar-refractivity contribution in [2.24, 2.45) is 0 Å². The van der Waals surface area contributed by atoms with Crippen LogP contribution in [0.2, 0.25) is 10.0 Å². The summed E-state index contributed by atoms with van der Waals surface area (Å²) < 4.78 is 5.37. The highest BCUT2D eigenvalue weighted by atomic mass is 35.5. The predicted octanol–water partition coefficient (Wildman–Crippen LogP) is 5.93. The molecule has 2 aliphatic rings. The Bertz CT molecular complexity index is 1240. The minimum atomic E-state index is -1.07. The van der Waals surface area contributed by atoms with Crippen LogP contribution >= 0.6 is 23.2 Å². The summed E-state index contributed by atoms with van der Waals surface area (Å²) >= 11 is 12.6. The third-order valence-corrected chi connectivity index (χ3v) is 7.73. The van der Waals surface area contributed by atoms with Gasteiger partial charge in [0.2, 0.25) is 11.8 Å². The van der Waals surface area contributed by atoms with Crippen molar-refractivity contribution in [1.29, 1.82) is 0 Å². The number of carbonyl (C=O) groups is 2. The summed E-state index contributed by atoms with van der Waals surface area (Å²) in [4.78, 5) is 29.4. The van der Waals surface area contributed by atoms with E-state index in [4.69, 9.17) is 27.6 Å². The van der Waals surface area contributed by atoms with Gasteiger partial charge in [0.1, 0.15) is 11.3 Å². The van der Waals surface area contributed by atoms with Gasteiger partial charge in [0.15, 0.2) is 0 Å². The zero-order valence-electron chi connectivity index (χ0n) is 19.9. The second-order valence-corrected chi connectivity index (χ2v) is 10.5. The molecule has 2 aromatic carbocycles. The topological polar surface area (TPSA) is 74.6 Å². The van der Waals surface area contributed by atoms with E-state index in [9.17, 15) is 9.59 Å². The molecule has 1 unspecified atom stereocenters. The van der Waals surface area contributed by atoms with Crippen LogP contribution in [0.25, 0.3) is 0 Å². The summed E-state index contributed by atoms with van der Waals surface area (Å²) in [5.74, 6) is 0.376. The highest BCUT2D eigenvalue weighted by molar-refractivity contribution is 6.31. The number of anilines is 1. The van der Waals surface area contributed by atoms with Crippen LogP contribution in [0.15, 0.2) is 65.3 Å². The van der Waals surface area contributed by atoms with Crippen molar-refractivity contribution in [2.75, 3.05) is 11.9 Å². The fourth-order valence-electron chi connectivity index (χ4n) is 5.61. The number of hydrogen-bond donors (Lipinski definition) is 2. The van der Waals surface area contributed by atoms with Crippen molar-refractivity contribution in [3.05, 3.63) is 87.8 Å². The summed E-state index contributed by atoms with van der Waals surface area (Å²) in [7, 11) is 0. The van der Waals surface area contributed by atoms with E-state index in [0.717, 1.165) is 43.2 Å². The number of benzene rings is 2. The third-order valence-electron chi connectivity index (χ3n) is 7.26. The Hall–Kier alpha value is -2.80. The van der Waals surface area contributed by atoms with Gasteiger partial charge in [-0.05, 0) is 54.8 Å². The van der Waals surface area contributed by atoms with Crippen LogP contribution in [0.5, 0.6) is 0 Å². The van der Waals surface area contributed by atoms with Crippen LogP contribution in [-0.4, -0.2) is 29.3 Å². The number of rotatable bonds is 8. The molecule has 0 radical (unpaired) electrons. The first-order valence-corrected chi connectivity index (χ1v) is 13.1. The van der Waals surface area contributed by atoms with E-state index >= 15 is 0 Å². The maximum absolute atomic E-state index is 14.0. The largest absolute Gasteiger partial charge is 0.467 e. The second-order valence-electron chi connectivity index (χ2n) is 9.59. The summed E-state index contributed by atoms with van der Waals surface area (Å²) in [5, 5.41) is 7.19. The molecule has 3 aromatic rings. The molecule has 0 bridgehead atoms. The zero-order chi connectivity index (χ0) is 25.1. The minimum absolute atomic E-state index is 0.0830. The van der Waals surface area contributed by atoms with Crippen molar-refractivity contribution < 1.29 is 14.0 Å². The van der Waals surface area contributed by atoms with Gasteiger partial charge < -0.3 is 15.1 Å². The van der Waals surface area contributed by atoms with Crippen LogP contribution in [-0.2, 0) is 28.1 Å². The van der Waals surface area contributed by atoms with Gasteiger partial charge in [-0.2, -0.15) is 0 Å². The summed E-state index contributed by atoms with van der Waals surface area (Å²) in [6.07, 6.45) is 7.12. The van der Waals surface area contributed by atoms with Crippen molar-refractivity contribution in [1.82, 2.24) is 10.2 Å². The lowest BCUT2D eigenvalue weighted by molar-refractivity contribution is -0.135. The van der Waals surface area contributed by atoms with Gasteiger partial charge in [0, 0.05) is 33.8 Å². The van der Waals surface area contributed by atoms with Crippen LogP contribution in [0.1, 0.15) is 49.0 Å². The summed E-state index contributed by atoms with van der Waals surface area (Å²) in [6, 6.07) is 16.8. The maximum atomic E-state index is 14.0. The quantitative estimate of drug-likeness (QED) is 0.382. The number of nitrogens with zero attached hydrogens (tertiary/aromatic N) is 1. The van der Waals surface area contributed by atoms with Crippen LogP contribution < -0.4 is 10.6 Å². The van der Waals surface area contributed by atoms with E-state index in [-0.39, 0.29) is 24.4 Å². The Morgan fingerprint density at radius 3 is 2.61 bits per heavy atom. The molecule has 36 heavy (non-hydrogen) atoms. The average molecular weight is 526 g/mol. The SMILES string of the molecule is O=C(CN(C1CCCCC1)C1(Cc2cccc(Cl)c2)C(=O)Nc2cc(Cl)ccc21)NCc1ccco1. The zero-order valence-corrected chi connectivity index (χ0v) is 21.4. The Morgan fingerprint density at radius 2 is 1.86 bits per heavy atom. The molecule has 1 fully saturated rings. The molecule has 1 aromatic heterocycles. The van der Waals surface area contributed by atoms with Gasteiger partial charge in [-0.25, -0.2) is 0 Å². The van der Waals surface area contributed by atoms with Crippen LogP contribution in [0.3, 0.4) is 0 Å². The smallest absolute Gasteiger partial charge is 0.249 e. The second kappa shape index (κ2) is 10.7. The number of furan rings is 1. The number of nitrogens with one attached hydrogen (secondary N) is 2.